The minimum Gasteiger partial charge on any atom is -0.508 e. The quantitative estimate of drug-likeness (QED) is 0.329. The van der Waals surface area contributed by atoms with Gasteiger partial charge in [-0.1, -0.05) is 38.7 Å². The predicted octanol–water partition coefficient (Wildman–Crippen LogP) is 2.02. The van der Waals surface area contributed by atoms with Crippen LogP contribution < -0.4 is 0 Å². The molecule has 0 fully saturated rings. The summed E-state index contributed by atoms with van der Waals surface area (Å²) in [6, 6.07) is 4.90. The van der Waals surface area contributed by atoms with Crippen molar-refractivity contribution in [3.05, 3.63) is 29.3 Å². The van der Waals surface area contributed by atoms with Crippen molar-refractivity contribution in [3.63, 3.8) is 0 Å². The number of hydrogen-bond donors (Lipinski definition) is 5. The molecule has 0 spiro atoms. The first-order valence-electron chi connectivity index (χ1n) is 8.53. The van der Waals surface area contributed by atoms with Crippen LogP contribution in [0, 0.1) is 0 Å². The third-order valence-electron chi connectivity index (χ3n) is 4.09. The zero-order valence-corrected chi connectivity index (χ0v) is 14.9. The molecular formula is C18H31NO5. The van der Waals surface area contributed by atoms with Gasteiger partial charge in [0.1, 0.15) is 5.75 Å². The highest BCUT2D eigenvalue weighted by Gasteiger charge is 2.39. The van der Waals surface area contributed by atoms with Gasteiger partial charge in [-0.25, -0.2) is 0 Å². The van der Waals surface area contributed by atoms with Gasteiger partial charge >= 0.3 is 0 Å². The molecule has 0 aliphatic rings. The molecule has 1 aromatic rings. The first-order valence-corrected chi connectivity index (χ1v) is 8.53. The Bertz CT molecular complexity index is 491. The standard InChI is InChI=1S/C18H31NO5/c1-4-5-6-7-8-9-14-10-11-16(20)12-15(14)13-19(17(2,21)22)18(3,23)24/h10-12,20-24H,4-9,13H2,1-3H3. The molecule has 0 unspecified atom stereocenters. The van der Waals surface area contributed by atoms with E-state index in [-0.39, 0.29) is 12.3 Å². The number of phenols is 1. The smallest absolute Gasteiger partial charge is 0.226 e. The summed E-state index contributed by atoms with van der Waals surface area (Å²) in [5, 5.41) is 49.0. The molecule has 0 atom stereocenters. The van der Waals surface area contributed by atoms with Crippen LogP contribution in [-0.2, 0) is 13.0 Å². The summed E-state index contributed by atoms with van der Waals surface area (Å²) in [4.78, 5) is 0.745. The van der Waals surface area contributed by atoms with Gasteiger partial charge in [-0.15, -0.1) is 0 Å². The number of benzene rings is 1. The third kappa shape index (κ3) is 6.75. The van der Waals surface area contributed by atoms with Crippen molar-refractivity contribution in [1.29, 1.82) is 0 Å². The number of hydrogen-bond acceptors (Lipinski definition) is 6. The van der Waals surface area contributed by atoms with Crippen LogP contribution in [0.3, 0.4) is 0 Å². The Morgan fingerprint density at radius 2 is 1.46 bits per heavy atom. The van der Waals surface area contributed by atoms with Gasteiger partial charge in [0.2, 0.25) is 11.8 Å². The van der Waals surface area contributed by atoms with Gasteiger partial charge in [0, 0.05) is 20.4 Å². The average Bonchev–Trinajstić information content (AvgIpc) is 2.44. The molecule has 0 aliphatic heterocycles. The van der Waals surface area contributed by atoms with Crippen LogP contribution in [0.4, 0.5) is 0 Å². The van der Waals surface area contributed by atoms with Crippen molar-refractivity contribution >= 4 is 0 Å². The molecule has 138 valence electrons. The van der Waals surface area contributed by atoms with Gasteiger partial charge in [-0.05, 0) is 36.1 Å². The van der Waals surface area contributed by atoms with Gasteiger partial charge < -0.3 is 25.5 Å². The number of unbranched alkanes of at least 4 members (excludes halogenated alkanes) is 4. The lowest BCUT2D eigenvalue weighted by Gasteiger charge is -2.39. The van der Waals surface area contributed by atoms with E-state index in [1.165, 1.54) is 25.3 Å². The van der Waals surface area contributed by atoms with E-state index < -0.39 is 11.8 Å². The SMILES string of the molecule is CCCCCCCc1ccc(O)cc1CN(C(C)(O)O)C(C)(O)O. The van der Waals surface area contributed by atoms with E-state index in [2.05, 4.69) is 6.92 Å². The van der Waals surface area contributed by atoms with Crippen LogP contribution in [0.1, 0.15) is 64.0 Å². The van der Waals surface area contributed by atoms with Crippen molar-refractivity contribution < 1.29 is 25.5 Å². The van der Waals surface area contributed by atoms with Gasteiger partial charge in [-0.2, -0.15) is 4.90 Å². The predicted molar refractivity (Wildman–Crippen MR) is 91.8 cm³/mol. The first-order chi connectivity index (χ1) is 11.1. The molecule has 24 heavy (non-hydrogen) atoms. The van der Waals surface area contributed by atoms with E-state index in [1.807, 2.05) is 0 Å². The minimum absolute atomic E-state index is 0.0508. The zero-order valence-electron chi connectivity index (χ0n) is 14.9. The summed E-state index contributed by atoms with van der Waals surface area (Å²) < 4.78 is 0. The number of rotatable bonds is 10. The van der Waals surface area contributed by atoms with Crippen LogP contribution in [-0.4, -0.2) is 42.3 Å². The van der Waals surface area contributed by atoms with Gasteiger partial charge in [0.25, 0.3) is 0 Å². The summed E-state index contributed by atoms with van der Waals surface area (Å²) in [5.41, 5.74) is 1.58. The van der Waals surface area contributed by atoms with Crippen LogP contribution in [0.15, 0.2) is 18.2 Å². The Morgan fingerprint density at radius 3 is 2.00 bits per heavy atom. The summed E-state index contributed by atoms with van der Waals surface area (Å²) in [5.74, 6) is -4.78. The Hall–Kier alpha value is -1.18. The van der Waals surface area contributed by atoms with Crippen LogP contribution in [0.25, 0.3) is 0 Å². The number of aliphatic hydroxyl groups is 4. The van der Waals surface area contributed by atoms with Gasteiger partial charge in [0.15, 0.2) is 0 Å². The first kappa shape index (κ1) is 20.9. The maximum Gasteiger partial charge on any atom is 0.226 e. The van der Waals surface area contributed by atoms with E-state index >= 15 is 0 Å². The molecule has 0 bridgehead atoms. The molecule has 0 amide bonds. The van der Waals surface area contributed by atoms with Crippen LogP contribution >= 0.6 is 0 Å². The molecular weight excluding hydrogens is 310 g/mol. The molecule has 0 saturated carbocycles. The second kappa shape index (κ2) is 8.78. The molecule has 0 aliphatic carbocycles. The van der Waals surface area contributed by atoms with Crippen molar-refractivity contribution in [2.24, 2.45) is 0 Å². The highest BCUT2D eigenvalue weighted by Crippen LogP contribution is 2.26. The molecule has 0 saturated heterocycles. The normalized spacial score (nSPS) is 12.8. The summed E-state index contributed by atoms with van der Waals surface area (Å²) in [6.07, 6.45) is 6.44. The number of phenolic OH excluding ortho intramolecular Hbond substituents is 1. The Balaban J connectivity index is 2.90. The summed E-state index contributed by atoms with van der Waals surface area (Å²) >= 11 is 0. The topological polar surface area (TPSA) is 104 Å². The van der Waals surface area contributed by atoms with E-state index in [0.29, 0.717) is 5.56 Å². The van der Waals surface area contributed by atoms with E-state index in [9.17, 15) is 25.5 Å². The van der Waals surface area contributed by atoms with Crippen LogP contribution in [0.2, 0.25) is 0 Å². The molecule has 1 rings (SSSR count). The highest BCUT2D eigenvalue weighted by molar-refractivity contribution is 5.35. The molecule has 6 nitrogen and oxygen atoms in total. The molecule has 0 heterocycles. The molecule has 1 aromatic carbocycles. The van der Waals surface area contributed by atoms with Crippen LogP contribution in [0.5, 0.6) is 5.75 Å². The lowest BCUT2D eigenvalue weighted by Crippen LogP contribution is -2.58. The van der Waals surface area contributed by atoms with Crippen molar-refractivity contribution in [1.82, 2.24) is 4.90 Å². The van der Waals surface area contributed by atoms with Gasteiger partial charge in [0.05, 0.1) is 0 Å². The number of aromatic hydroxyl groups is 1. The molecule has 5 N–H and O–H groups in total. The van der Waals surface area contributed by atoms with Crippen molar-refractivity contribution in [2.45, 2.75) is 77.7 Å². The van der Waals surface area contributed by atoms with E-state index in [0.717, 1.165) is 43.6 Å². The second-order valence-electron chi connectivity index (χ2n) is 6.65. The monoisotopic (exact) mass is 341 g/mol. The largest absolute Gasteiger partial charge is 0.508 e. The molecule has 0 radical (unpaired) electrons. The lowest BCUT2D eigenvalue weighted by atomic mass is 9.99. The maximum absolute atomic E-state index is 9.81. The van der Waals surface area contributed by atoms with Gasteiger partial charge in [-0.3, -0.25) is 0 Å². The number of aryl methyl sites for hydroxylation is 1. The Morgan fingerprint density at radius 1 is 0.875 bits per heavy atom. The highest BCUT2D eigenvalue weighted by atomic mass is 16.6. The van der Waals surface area contributed by atoms with E-state index in [4.69, 9.17) is 0 Å². The summed E-state index contributed by atoms with van der Waals surface area (Å²) in [6.45, 7) is 4.16. The zero-order chi connectivity index (χ0) is 18.4. The molecule has 6 heteroatoms. The number of nitrogens with zero attached hydrogens (tertiary/aromatic N) is 1. The maximum atomic E-state index is 9.81. The van der Waals surface area contributed by atoms with E-state index in [1.54, 1.807) is 12.1 Å². The second-order valence-corrected chi connectivity index (χ2v) is 6.65. The third-order valence-corrected chi connectivity index (χ3v) is 4.09. The lowest BCUT2D eigenvalue weighted by molar-refractivity contribution is -0.374. The Labute approximate surface area is 144 Å². The molecule has 0 aromatic heterocycles. The fraction of sp³-hybridized carbons (Fsp3) is 0.667. The minimum atomic E-state index is -2.41. The van der Waals surface area contributed by atoms with Crippen molar-refractivity contribution in [3.8, 4) is 5.75 Å². The fourth-order valence-corrected chi connectivity index (χ4v) is 2.79. The average molecular weight is 341 g/mol. The summed E-state index contributed by atoms with van der Waals surface area (Å²) in [7, 11) is 0. The van der Waals surface area contributed by atoms with Crippen molar-refractivity contribution in [2.75, 3.05) is 0 Å². The fourth-order valence-electron chi connectivity index (χ4n) is 2.79. The Kier molecular flexibility index (Phi) is 7.63.